The van der Waals surface area contributed by atoms with Gasteiger partial charge in [0.15, 0.2) is 5.43 Å². The first-order valence-electron chi connectivity index (χ1n) is 9.29. The van der Waals surface area contributed by atoms with Gasteiger partial charge in [0, 0.05) is 12.1 Å². The lowest BCUT2D eigenvalue weighted by atomic mass is 10.1. The maximum Gasteiger partial charge on any atom is 0.336 e. The Bertz CT molecular complexity index is 1270. The highest BCUT2D eigenvalue weighted by molar-refractivity contribution is 5.89. The second-order valence-electron chi connectivity index (χ2n) is 6.53. The predicted molar refractivity (Wildman–Crippen MR) is 116 cm³/mol. The Balaban J connectivity index is 1.56. The van der Waals surface area contributed by atoms with Crippen LogP contribution in [-0.2, 0) is 4.79 Å². The van der Waals surface area contributed by atoms with E-state index in [0.29, 0.717) is 28.0 Å². The molecule has 4 rings (SSSR count). The van der Waals surface area contributed by atoms with Gasteiger partial charge in [-0.25, -0.2) is 4.79 Å². The van der Waals surface area contributed by atoms with E-state index < -0.39 is 5.97 Å². The molecule has 0 spiro atoms. The largest absolute Gasteiger partial charge is 0.497 e. The van der Waals surface area contributed by atoms with Crippen molar-refractivity contribution in [3.8, 4) is 22.6 Å². The van der Waals surface area contributed by atoms with E-state index >= 15 is 0 Å². The number of methoxy groups -OCH3 is 1. The topological polar surface area (TPSA) is 65.7 Å². The van der Waals surface area contributed by atoms with Crippen molar-refractivity contribution in [2.24, 2.45) is 0 Å². The van der Waals surface area contributed by atoms with Crippen LogP contribution in [0.1, 0.15) is 5.56 Å². The standard InChI is InChI=1S/C25H18O5/c1-28-19-10-8-18(9-11-19)22-16-29-23-15-20(12-13-21(23)25(22)27)30-24(26)14-7-17-5-3-2-4-6-17/h2-16H,1H3/b14-7+. The Morgan fingerprint density at radius 1 is 0.933 bits per heavy atom. The van der Waals surface area contributed by atoms with Crippen LogP contribution >= 0.6 is 0 Å². The molecule has 0 aliphatic carbocycles. The molecule has 0 amide bonds. The van der Waals surface area contributed by atoms with Crippen molar-refractivity contribution in [3.05, 3.63) is 101 Å². The van der Waals surface area contributed by atoms with Crippen molar-refractivity contribution in [1.29, 1.82) is 0 Å². The molecule has 0 unspecified atom stereocenters. The number of carbonyl (C=O) groups excluding carboxylic acids is 1. The van der Waals surface area contributed by atoms with E-state index in [-0.39, 0.29) is 5.43 Å². The molecule has 0 saturated heterocycles. The normalized spacial score (nSPS) is 11.0. The fourth-order valence-corrected chi connectivity index (χ4v) is 3.02. The van der Waals surface area contributed by atoms with Crippen LogP contribution in [0.25, 0.3) is 28.2 Å². The summed E-state index contributed by atoms with van der Waals surface area (Å²) < 4.78 is 16.1. The third-order valence-electron chi connectivity index (χ3n) is 4.58. The molecule has 5 nitrogen and oxygen atoms in total. The molecule has 1 aromatic heterocycles. The fraction of sp³-hybridized carbons (Fsp3) is 0.0400. The molecule has 30 heavy (non-hydrogen) atoms. The number of hydrogen-bond donors (Lipinski definition) is 0. The molecule has 0 atom stereocenters. The summed E-state index contributed by atoms with van der Waals surface area (Å²) in [6.45, 7) is 0. The van der Waals surface area contributed by atoms with Crippen molar-refractivity contribution < 1.29 is 18.7 Å². The number of fused-ring (bicyclic) bond motifs is 1. The lowest BCUT2D eigenvalue weighted by molar-refractivity contribution is -0.128. The third-order valence-corrected chi connectivity index (χ3v) is 4.58. The molecule has 5 heteroatoms. The first-order valence-corrected chi connectivity index (χ1v) is 9.29. The highest BCUT2D eigenvalue weighted by Gasteiger charge is 2.11. The van der Waals surface area contributed by atoms with Crippen LogP contribution in [0.2, 0.25) is 0 Å². The van der Waals surface area contributed by atoms with Gasteiger partial charge >= 0.3 is 5.97 Å². The van der Waals surface area contributed by atoms with Crippen molar-refractivity contribution in [2.75, 3.05) is 7.11 Å². The Morgan fingerprint density at radius 2 is 1.67 bits per heavy atom. The smallest absolute Gasteiger partial charge is 0.336 e. The van der Waals surface area contributed by atoms with Gasteiger partial charge < -0.3 is 13.9 Å². The van der Waals surface area contributed by atoms with E-state index in [9.17, 15) is 9.59 Å². The molecule has 0 aliphatic rings. The van der Waals surface area contributed by atoms with E-state index in [2.05, 4.69) is 0 Å². The molecule has 0 fully saturated rings. The van der Waals surface area contributed by atoms with Crippen LogP contribution in [-0.4, -0.2) is 13.1 Å². The van der Waals surface area contributed by atoms with Gasteiger partial charge in [-0.15, -0.1) is 0 Å². The molecule has 0 bridgehead atoms. The van der Waals surface area contributed by atoms with Gasteiger partial charge in [0.2, 0.25) is 0 Å². The molecule has 0 N–H and O–H groups in total. The minimum absolute atomic E-state index is 0.164. The summed E-state index contributed by atoms with van der Waals surface area (Å²) in [7, 11) is 1.58. The quantitative estimate of drug-likeness (QED) is 0.266. The number of hydrogen-bond acceptors (Lipinski definition) is 5. The number of carbonyl (C=O) groups is 1. The zero-order valence-corrected chi connectivity index (χ0v) is 16.2. The van der Waals surface area contributed by atoms with Gasteiger partial charge in [0.05, 0.1) is 18.1 Å². The first-order chi connectivity index (χ1) is 14.6. The molecule has 0 aliphatic heterocycles. The van der Waals surface area contributed by atoms with E-state index in [1.54, 1.807) is 49.6 Å². The lowest BCUT2D eigenvalue weighted by Gasteiger charge is -2.06. The van der Waals surface area contributed by atoms with Gasteiger partial charge in [-0.2, -0.15) is 0 Å². The van der Waals surface area contributed by atoms with Crippen LogP contribution in [0, 0.1) is 0 Å². The third kappa shape index (κ3) is 4.15. The van der Waals surface area contributed by atoms with Crippen LogP contribution in [0.3, 0.4) is 0 Å². The summed E-state index contributed by atoms with van der Waals surface area (Å²) >= 11 is 0. The number of benzene rings is 3. The summed E-state index contributed by atoms with van der Waals surface area (Å²) in [5.41, 5.74) is 2.25. The summed E-state index contributed by atoms with van der Waals surface area (Å²) in [5, 5.41) is 0.406. The monoisotopic (exact) mass is 398 g/mol. The minimum Gasteiger partial charge on any atom is -0.497 e. The average Bonchev–Trinajstić information content (AvgIpc) is 2.79. The molecule has 148 valence electrons. The second kappa shape index (κ2) is 8.49. The molecular weight excluding hydrogens is 380 g/mol. The van der Waals surface area contributed by atoms with Crippen LogP contribution in [0.4, 0.5) is 0 Å². The van der Waals surface area contributed by atoms with E-state index in [4.69, 9.17) is 13.9 Å². The highest BCUT2D eigenvalue weighted by Crippen LogP contribution is 2.24. The average molecular weight is 398 g/mol. The maximum atomic E-state index is 12.9. The molecule has 0 radical (unpaired) electrons. The van der Waals surface area contributed by atoms with Crippen LogP contribution < -0.4 is 14.9 Å². The SMILES string of the molecule is COc1ccc(-c2coc3cc(OC(=O)/C=C/c4ccccc4)ccc3c2=O)cc1. The fourth-order valence-electron chi connectivity index (χ4n) is 3.02. The minimum atomic E-state index is -0.518. The Morgan fingerprint density at radius 3 is 2.40 bits per heavy atom. The van der Waals surface area contributed by atoms with Gasteiger partial charge in [-0.05, 0) is 41.5 Å². The molecule has 4 aromatic rings. The number of ether oxygens (including phenoxy) is 2. The predicted octanol–water partition coefficient (Wildman–Crippen LogP) is 5.09. The van der Waals surface area contributed by atoms with Gasteiger partial charge in [-0.3, -0.25) is 4.79 Å². The molecule has 0 saturated carbocycles. The summed E-state index contributed by atoms with van der Waals surface area (Å²) in [6, 6.07) is 21.3. The van der Waals surface area contributed by atoms with Crippen molar-refractivity contribution >= 4 is 23.0 Å². The van der Waals surface area contributed by atoms with Crippen molar-refractivity contribution in [3.63, 3.8) is 0 Å². The molecule has 3 aromatic carbocycles. The second-order valence-corrected chi connectivity index (χ2v) is 6.53. The Kier molecular flexibility index (Phi) is 5.44. The van der Waals surface area contributed by atoms with E-state index in [0.717, 1.165) is 11.1 Å². The van der Waals surface area contributed by atoms with E-state index in [1.807, 2.05) is 30.3 Å². The van der Waals surface area contributed by atoms with Crippen LogP contribution in [0.15, 0.2) is 94.3 Å². The van der Waals surface area contributed by atoms with Crippen molar-refractivity contribution in [1.82, 2.24) is 0 Å². The van der Waals surface area contributed by atoms with Gasteiger partial charge in [-0.1, -0.05) is 42.5 Å². The summed E-state index contributed by atoms with van der Waals surface area (Å²) in [5.74, 6) is 0.484. The van der Waals surface area contributed by atoms with Crippen molar-refractivity contribution in [2.45, 2.75) is 0 Å². The summed E-state index contributed by atoms with van der Waals surface area (Å²) in [6.07, 6.45) is 4.43. The highest BCUT2D eigenvalue weighted by atomic mass is 16.5. The van der Waals surface area contributed by atoms with Gasteiger partial charge in [0.1, 0.15) is 23.3 Å². The van der Waals surface area contributed by atoms with Crippen LogP contribution in [0.5, 0.6) is 11.5 Å². The van der Waals surface area contributed by atoms with E-state index in [1.165, 1.54) is 18.4 Å². The number of esters is 1. The summed E-state index contributed by atoms with van der Waals surface area (Å²) in [4.78, 5) is 24.9. The zero-order chi connectivity index (χ0) is 20.9. The Hall–Kier alpha value is -4.12. The zero-order valence-electron chi connectivity index (χ0n) is 16.2. The lowest BCUT2D eigenvalue weighted by Crippen LogP contribution is -2.06. The number of rotatable bonds is 5. The maximum absolute atomic E-state index is 12.9. The molecule has 1 heterocycles. The van der Waals surface area contributed by atoms with Gasteiger partial charge in [0.25, 0.3) is 0 Å². The molecular formula is C25H18O5. The Labute approximate surface area is 172 Å². The first kappa shape index (κ1) is 19.2.